The summed E-state index contributed by atoms with van der Waals surface area (Å²) in [6, 6.07) is 19.4. The van der Waals surface area contributed by atoms with Gasteiger partial charge in [0.1, 0.15) is 6.10 Å². The standard InChI is InChI=1S/C23H22O5/c1-15(17-9-5-3-6-10-17)19-13-25-20-14-26-23(18-11-7-4-8-12-18)28-22(20)21(19)27-16(2)24/h3-13,20-23H,1,14H2,2H3/t20-,21-,22-,23?/m1/s1. The van der Waals surface area contributed by atoms with Crippen LogP contribution in [-0.4, -0.2) is 30.9 Å². The molecule has 4 atom stereocenters. The Balaban J connectivity index is 1.63. The van der Waals surface area contributed by atoms with Gasteiger partial charge < -0.3 is 18.9 Å². The van der Waals surface area contributed by atoms with Gasteiger partial charge >= 0.3 is 5.97 Å². The Kier molecular flexibility index (Phi) is 5.28. The second-order valence-corrected chi connectivity index (χ2v) is 6.80. The summed E-state index contributed by atoms with van der Waals surface area (Å²) in [6.07, 6.45) is -0.424. The molecule has 0 saturated carbocycles. The van der Waals surface area contributed by atoms with Crippen molar-refractivity contribution in [3.05, 3.63) is 90.2 Å². The van der Waals surface area contributed by atoms with E-state index in [1.807, 2.05) is 60.7 Å². The minimum Gasteiger partial charge on any atom is -0.492 e. The zero-order valence-corrected chi connectivity index (χ0v) is 15.6. The fourth-order valence-electron chi connectivity index (χ4n) is 3.48. The Morgan fingerprint density at radius 2 is 1.75 bits per heavy atom. The Morgan fingerprint density at radius 3 is 2.43 bits per heavy atom. The van der Waals surface area contributed by atoms with Crippen LogP contribution in [0.15, 0.2) is 79.1 Å². The van der Waals surface area contributed by atoms with Crippen LogP contribution in [0.1, 0.15) is 24.3 Å². The molecule has 1 unspecified atom stereocenters. The second kappa shape index (κ2) is 8.00. The lowest BCUT2D eigenvalue weighted by Crippen LogP contribution is -2.52. The third kappa shape index (κ3) is 3.72. The van der Waals surface area contributed by atoms with Crippen LogP contribution < -0.4 is 0 Å². The van der Waals surface area contributed by atoms with E-state index in [4.69, 9.17) is 18.9 Å². The van der Waals surface area contributed by atoms with Crippen molar-refractivity contribution >= 4 is 11.5 Å². The van der Waals surface area contributed by atoms with Gasteiger partial charge in [0, 0.05) is 18.1 Å². The molecule has 5 nitrogen and oxygen atoms in total. The summed E-state index contributed by atoms with van der Waals surface area (Å²) >= 11 is 0. The molecule has 2 heterocycles. The molecule has 0 aliphatic carbocycles. The van der Waals surface area contributed by atoms with E-state index in [0.717, 1.165) is 16.7 Å². The molecular formula is C23H22O5. The molecule has 1 fully saturated rings. The monoisotopic (exact) mass is 378 g/mol. The van der Waals surface area contributed by atoms with Crippen molar-refractivity contribution in [1.29, 1.82) is 0 Å². The Morgan fingerprint density at radius 1 is 1.07 bits per heavy atom. The first-order valence-electron chi connectivity index (χ1n) is 9.23. The Labute approximate surface area is 164 Å². The highest BCUT2D eigenvalue weighted by atomic mass is 16.7. The fourth-order valence-corrected chi connectivity index (χ4v) is 3.48. The molecule has 2 aliphatic heterocycles. The van der Waals surface area contributed by atoms with Crippen molar-refractivity contribution in [2.45, 2.75) is 31.5 Å². The number of benzene rings is 2. The summed E-state index contributed by atoms with van der Waals surface area (Å²) in [7, 11) is 0. The highest BCUT2D eigenvalue weighted by Gasteiger charge is 2.45. The van der Waals surface area contributed by atoms with E-state index in [1.54, 1.807) is 6.26 Å². The first-order valence-corrected chi connectivity index (χ1v) is 9.23. The molecule has 0 aromatic heterocycles. The fraction of sp³-hybridized carbons (Fsp3) is 0.261. The number of rotatable bonds is 4. The van der Waals surface area contributed by atoms with Gasteiger partial charge in [-0.2, -0.15) is 0 Å². The van der Waals surface area contributed by atoms with E-state index in [-0.39, 0.29) is 12.1 Å². The molecule has 2 aliphatic rings. The largest absolute Gasteiger partial charge is 0.492 e. The molecular weight excluding hydrogens is 356 g/mol. The maximum atomic E-state index is 11.8. The minimum atomic E-state index is -0.626. The first kappa shape index (κ1) is 18.5. The van der Waals surface area contributed by atoms with Gasteiger partial charge in [-0.3, -0.25) is 4.79 Å². The summed E-state index contributed by atoms with van der Waals surface area (Å²) in [5.41, 5.74) is 3.26. The van der Waals surface area contributed by atoms with Crippen LogP contribution in [0.2, 0.25) is 0 Å². The number of carbonyl (C=O) groups is 1. The van der Waals surface area contributed by atoms with Gasteiger partial charge in [0.2, 0.25) is 0 Å². The average Bonchev–Trinajstić information content (AvgIpc) is 2.74. The van der Waals surface area contributed by atoms with E-state index in [0.29, 0.717) is 12.2 Å². The molecule has 1 saturated heterocycles. The number of hydrogen-bond donors (Lipinski definition) is 0. The van der Waals surface area contributed by atoms with Crippen molar-refractivity contribution in [2.75, 3.05) is 6.61 Å². The van der Waals surface area contributed by atoms with Crippen LogP contribution in [-0.2, 0) is 23.7 Å². The second-order valence-electron chi connectivity index (χ2n) is 6.80. The highest BCUT2D eigenvalue weighted by molar-refractivity contribution is 5.79. The van der Waals surface area contributed by atoms with Crippen LogP contribution in [0, 0.1) is 0 Å². The van der Waals surface area contributed by atoms with E-state index < -0.39 is 18.5 Å². The summed E-state index contributed by atoms with van der Waals surface area (Å²) in [4.78, 5) is 11.8. The lowest BCUT2D eigenvalue weighted by Gasteiger charge is -2.42. The van der Waals surface area contributed by atoms with Gasteiger partial charge in [-0.05, 0) is 11.1 Å². The van der Waals surface area contributed by atoms with Gasteiger partial charge in [0.25, 0.3) is 0 Å². The number of ether oxygens (including phenoxy) is 4. The summed E-state index contributed by atoms with van der Waals surface area (Å²) in [6.45, 7) is 5.92. The van der Waals surface area contributed by atoms with Crippen LogP contribution >= 0.6 is 0 Å². The minimum absolute atomic E-state index is 0.337. The van der Waals surface area contributed by atoms with Gasteiger partial charge in [0.05, 0.1) is 12.9 Å². The molecule has 0 bridgehead atoms. The normalized spacial score (nSPS) is 26.4. The van der Waals surface area contributed by atoms with E-state index >= 15 is 0 Å². The van der Waals surface area contributed by atoms with Crippen molar-refractivity contribution in [1.82, 2.24) is 0 Å². The van der Waals surface area contributed by atoms with Gasteiger partial charge in [-0.1, -0.05) is 67.2 Å². The van der Waals surface area contributed by atoms with Gasteiger partial charge in [-0.25, -0.2) is 0 Å². The lowest BCUT2D eigenvalue weighted by molar-refractivity contribution is -0.279. The smallest absolute Gasteiger partial charge is 0.303 e. The highest BCUT2D eigenvalue weighted by Crippen LogP contribution is 2.38. The molecule has 28 heavy (non-hydrogen) atoms. The topological polar surface area (TPSA) is 54.0 Å². The van der Waals surface area contributed by atoms with Crippen molar-refractivity contribution in [3.63, 3.8) is 0 Å². The van der Waals surface area contributed by atoms with Crippen LogP contribution in [0.3, 0.4) is 0 Å². The number of fused-ring (bicyclic) bond motifs is 1. The van der Waals surface area contributed by atoms with Crippen molar-refractivity contribution < 1.29 is 23.7 Å². The third-order valence-corrected chi connectivity index (χ3v) is 4.87. The maximum Gasteiger partial charge on any atom is 0.303 e. The predicted molar refractivity (Wildman–Crippen MR) is 104 cm³/mol. The SMILES string of the molecule is C=C(C1=CO[C@@H]2COC(c3ccccc3)O[C@H]2[C@@H]1OC(C)=O)c1ccccc1. The molecule has 0 radical (unpaired) electrons. The van der Waals surface area contributed by atoms with Gasteiger partial charge in [-0.15, -0.1) is 0 Å². The Bertz CT molecular complexity index is 874. The summed E-state index contributed by atoms with van der Waals surface area (Å²) < 4.78 is 23.6. The third-order valence-electron chi connectivity index (χ3n) is 4.87. The molecule has 0 spiro atoms. The molecule has 2 aromatic carbocycles. The average molecular weight is 378 g/mol. The quantitative estimate of drug-likeness (QED) is 0.752. The lowest BCUT2D eigenvalue weighted by atomic mass is 9.89. The molecule has 144 valence electrons. The van der Waals surface area contributed by atoms with Crippen molar-refractivity contribution in [3.8, 4) is 0 Å². The number of esters is 1. The van der Waals surface area contributed by atoms with Gasteiger partial charge in [0.15, 0.2) is 18.5 Å². The van der Waals surface area contributed by atoms with E-state index in [2.05, 4.69) is 6.58 Å². The zero-order chi connectivity index (χ0) is 19.5. The van der Waals surface area contributed by atoms with Crippen LogP contribution in [0.4, 0.5) is 0 Å². The molecule has 0 amide bonds. The maximum absolute atomic E-state index is 11.8. The summed E-state index contributed by atoms with van der Waals surface area (Å²) in [5.74, 6) is -0.385. The predicted octanol–water partition coefficient (Wildman–Crippen LogP) is 4.03. The number of hydrogen-bond acceptors (Lipinski definition) is 5. The first-order chi connectivity index (χ1) is 13.6. The molecule has 4 rings (SSSR count). The number of carbonyl (C=O) groups excluding carboxylic acids is 1. The molecule has 2 aromatic rings. The summed E-state index contributed by atoms with van der Waals surface area (Å²) in [5, 5.41) is 0. The molecule has 5 heteroatoms. The van der Waals surface area contributed by atoms with Crippen LogP contribution in [0.5, 0.6) is 0 Å². The van der Waals surface area contributed by atoms with Crippen LogP contribution in [0.25, 0.3) is 5.57 Å². The van der Waals surface area contributed by atoms with E-state index in [1.165, 1.54) is 6.92 Å². The van der Waals surface area contributed by atoms with E-state index in [9.17, 15) is 4.79 Å². The zero-order valence-electron chi connectivity index (χ0n) is 15.6. The van der Waals surface area contributed by atoms with Crippen molar-refractivity contribution in [2.24, 2.45) is 0 Å². The Hall–Kier alpha value is -2.89. The molecule has 0 N–H and O–H groups in total.